The first-order chi connectivity index (χ1) is 7.03. The summed E-state index contributed by atoms with van der Waals surface area (Å²) in [6.07, 6.45) is 5.86. The maximum absolute atomic E-state index is 10.9. The van der Waals surface area contributed by atoms with Crippen LogP contribution in [0.1, 0.15) is 26.7 Å². The minimum absolute atomic E-state index is 0.0635. The van der Waals surface area contributed by atoms with Gasteiger partial charge in [-0.3, -0.25) is 4.79 Å². The molecular formula is C12H20N2O. The summed E-state index contributed by atoms with van der Waals surface area (Å²) in [5, 5.41) is 0. The number of aryl methyl sites for hydroxylation is 1. The Balaban J connectivity index is 2.38. The highest BCUT2D eigenvalue weighted by Gasteiger charge is 2.14. The predicted molar refractivity (Wildman–Crippen MR) is 62.8 cm³/mol. The van der Waals surface area contributed by atoms with E-state index >= 15 is 0 Å². The lowest BCUT2D eigenvalue weighted by atomic mass is 9.88. The van der Waals surface area contributed by atoms with Crippen LogP contribution < -0.4 is 11.2 Å². The first-order valence-electron chi connectivity index (χ1n) is 5.40. The van der Waals surface area contributed by atoms with Crippen molar-refractivity contribution < 1.29 is 0 Å². The minimum atomic E-state index is 0.0635. The Morgan fingerprint density at radius 1 is 1.33 bits per heavy atom. The van der Waals surface area contributed by atoms with Crippen LogP contribution in [0, 0.1) is 5.41 Å². The summed E-state index contributed by atoms with van der Waals surface area (Å²) in [7, 11) is 0. The molecule has 0 saturated heterocycles. The number of rotatable bonds is 5. The molecule has 1 aromatic rings. The molecule has 84 valence electrons. The van der Waals surface area contributed by atoms with E-state index in [4.69, 9.17) is 5.73 Å². The predicted octanol–water partition coefficient (Wildman–Crippen LogP) is 1.61. The summed E-state index contributed by atoms with van der Waals surface area (Å²) >= 11 is 0. The highest BCUT2D eigenvalue weighted by atomic mass is 16.1. The number of aromatic nitrogens is 1. The second-order valence-corrected chi connectivity index (χ2v) is 4.74. The van der Waals surface area contributed by atoms with Gasteiger partial charge in [-0.2, -0.15) is 0 Å². The maximum Gasteiger partial charge on any atom is 0.181 e. The molecule has 0 spiro atoms. The molecule has 0 bridgehead atoms. The molecule has 1 rings (SSSR count). The third-order valence-corrected chi connectivity index (χ3v) is 2.68. The Morgan fingerprint density at radius 2 is 1.93 bits per heavy atom. The van der Waals surface area contributed by atoms with Gasteiger partial charge in [-0.25, -0.2) is 0 Å². The van der Waals surface area contributed by atoms with Crippen LogP contribution in [0.5, 0.6) is 0 Å². The minimum Gasteiger partial charge on any atom is -0.354 e. The van der Waals surface area contributed by atoms with Crippen LogP contribution in [0.3, 0.4) is 0 Å². The molecule has 1 heterocycles. The quantitative estimate of drug-likeness (QED) is 0.799. The average Bonchev–Trinajstić information content (AvgIpc) is 2.21. The molecule has 15 heavy (non-hydrogen) atoms. The summed E-state index contributed by atoms with van der Waals surface area (Å²) in [6.45, 7) is 6.03. The number of nitrogens with zero attached hydrogens (tertiary/aromatic N) is 1. The van der Waals surface area contributed by atoms with Gasteiger partial charge >= 0.3 is 0 Å². The van der Waals surface area contributed by atoms with Gasteiger partial charge in [-0.15, -0.1) is 0 Å². The van der Waals surface area contributed by atoms with Crippen molar-refractivity contribution in [3.63, 3.8) is 0 Å². The van der Waals surface area contributed by atoms with Gasteiger partial charge in [-0.1, -0.05) is 13.8 Å². The van der Waals surface area contributed by atoms with Crippen LogP contribution in [-0.4, -0.2) is 11.1 Å². The van der Waals surface area contributed by atoms with Crippen LogP contribution in [0.15, 0.2) is 29.3 Å². The Morgan fingerprint density at radius 3 is 2.47 bits per heavy atom. The standard InChI is InChI=1S/C12H20N2O/c1-12(2,10-13)6-3-7-14-8-4-11(15)5-9-14/h4-5,8-9H,3,6-7,10,13H2,1-2H3. The van der Waals surface area contributed by atoms with Gasteiger partial charge in [0.2, 0.25) is 0 Å². The van der Waals surface area contributed by atoms with E-state index in [-0.39, 0.29) is 10.8 Å². The SMILES string of the molecule is CC(C)(CN)CCCn1ccc(=O)cc1. The molecule has 0 saturated carbocycles. The number of pyridine rings is 1. The van der Waals surface area contributed by atoms with E-state index < -0.39 is 0 Å². The molecule has 0 unspecified atom stereocenters. The maximum atomic E-state index is 10.9. The van der Waals surface area contributed by atoms with Crippen molar-refractivity contribution in [2.24, 2.45) is 11.1 Å². The molecule has 0 aliphatic carbocycles. The average molecular weight is 208 g/mol. The van der Waals surface area contributed by atoms with Gasteiger partial charge in [0.05, 0.1) is 0 Å². The van der Waals surface area contributed by atoms with E-state index in [1.165, 1.54) is 0 Å². The van der Waals surface area contributed by atoms with Crippen molar-refractivity contribution >= 4 is 0 Å². The van der Waals surface area contributed by atoms with Crippen molar-refractivity contribution in [3.05, 3.63) is 34.7 Å². The first kappa shape index (κ1) is 12.0. The smallest absolute Gasteiger partial charge is 0.181 e. The monoisotopic (exact) mass is 208 g/mol. The molecule has 0 radical (unpaired) electrons. The third kappa shape index (κ3) is 4.30. The molecule has 0 aliphatic rings. The van der Waals surface area contributed by atoms with Gasteiger partial charge in [-0.05, 0) is 24.8 Å². The van der Waals surface area contributed by atoms with Gasteiger partial charge < -0.3 is 10.3 Å². The molecular weight excluding hydrogens is 188 g/mol. The summed E-state index contributed by atoms with van der Waals surface area (Å²) in [4.78, 5) is 10.9. The summed E-state index contributed by atoms with van der Waals surface area (Å²) in [5.74, 6) is 0. The van der Waals surface area contributed by atoms with Gasteiger partial charge in [0.15, 0.2) is 5.43 Å². The van der Waals surface area contributed by atoms with Crippen molar-refractivity contribution in [2.45, 2.75) is 33.2 Å². The van der Waals surface area contributed by atoms with Crippen LogP contribution in [0.25, 0.3) is 0 Å². The molecule has 1 aromatic heterocycles. The molecule has 0 fully saturated rings. The summed E-state index contributed by atoms with van der Waals surface area (Å²) < 4.78 is 2.04. The van der Waals surface area contributed by atoms with E-state index in [1.807, 2.05) is 17.0 Å². The number of hydrogen-bond donors (Lipinski definition) is 1. The Kier molecular flexibility index (Phi) is 4.09. The number of nitrogens with two attached hydrogens (primary N) is 1. The molecule has 2 N–H and O–H groups in total. The lowest BCUT2D eigenvalue weighted by molar-refractivity contribution is 0.327. The number of hydrogen-bond acceptors (Lipinski definition) is 2. The zero-order valence-corrected chi connectivity index (χ0v) is 9.57. The Labute approximate surface area is 90.9 Å². The van der Waals surface area contributed by atoms with Crippen LogP contribution in [0.2, 0.25) is 0 Å². The zero-order valence-electron chi connectivity index (χ0n) is 9.57. The van der Waals surface area contributed by atoms with Gasteiger partial charge in [0, 0.05) is 31.1 Å². The lowest BCUT2D eigenvalue weighted by Gasteiger charge is -2.22. The first-order valence-corrected chi connectivity index (χ1v) is 5.40. The van der Waals surface area contributed by atoms with E-state index in [9.17, 15) is 4.79 Å². The fraction of sp³-hybridized carbons (Fsp3) is 0.583. The van der Waals surface area contributed by atoms with Crippen LogP contribution >= 0.6 is 0 Å². The van der Waals surface area contributed by atoms with E-state index in [0.29, 0.717) is 0 Å². The molecule has 0 aliphatic heterocycles. The Bertz CT molecular complexity index is 334. The van der Waals surface area contributed by atoms with Gasteiger partial charge in [0.25, 0.3) is 0 Å². The van der Waals surface area contributed by atoms with Crippen molar-refractivity contribution in [2.75, 3.05) is 6.54 Å². The molecule has 3 heteroatoms. The Hall–Kier alpha value is -1.09. The van der Waals surface area contributed by atoms with Crippen molar-refractivity contribution in [1.82, 2.24) is 4.57 Å². The highest BCUT2D eigenvalue weighted by molar-refractivity contribution is 4.93. The molecule has 0 atom stereocenters. The van der Waals surface area contributed by atoms with Crippen LogP contribution in [-0.2, 0) is 6.54 Å². The molecule has 0 amide bonds. The lowest BCUT2D eigenvalue weighted by Crippen LogP contribution is -2.23. The largest absolute Gasteiger partial charge is 0.354 e. The fourth-order valence-corrected chi connectivity index (χ4v) is 1.43. The molecule has 3 nitrogen and oxygen atoms in total. The van der Waals surface area contributed by atoms with E-state index in [2.05, 4.69) is 13.8 Å². The highest BCUT2D eigenvalue weighted by Crippen LogP contribution is 2.20. The van der Waals surface area contributed by atoms with Crippen molar-refractivity contribution in [1.29, 1.82) is 0 Å². The fourth-order valence-electron chi connectivity index (χ4n) is 1.43. The third-order valence-electron chi connectivity index (χ3n) is 2.68. The molecule has 0 aromatic carbocycles. The van der Waals surface area contributed by atoms with E-state index in [1.54, 1.807) is 12.1 Å². The second kappa shape index (κ2) is 5.12. The van der Waals surface area contributed by atoms with Crippen LogP contribution in [0.4, 0.5) is 0 Å². The van der Waals surface area contributed by atoms with Gasteiger partial charge in [0.1, 0.15) is 0 Å². The topological polar surface area (TPSA) is 48.0 Å². The summed E-state index contributed by atoms with van der Waals surface area (Å²) in [6, 6.07) is 3.18. The van der Waals surface area contributed by atoms with Crippen molar-refractivity contribution in [3.8, 4) is 0 Å². The summed E-state index contributed by atoms with van der Waals surface area (Å²) in [5.41, 5.74) is 5.94. The normalized spacial score (nSPS) is 11.7. The second-order valence-electron chi connectivity index (χ2n) is 4.74. The zero-order chi connectivity index (χ0) is 11.3. The van der Waals surface area contributed by atoms with E-state index in [0.717, 1.165) is 25.9 Å².